The molecule has 0 saturated carbocycles. The summed E-state index contributed by atoms with van der Waals surface area (Å²) in [5.74, 6) is -1.91. The summed E-state index contributed by atoms with van der Waals surface area (Å²) in [5, 5.41) is 11.2. The molecule has 0 atom stereocenters. The molecular weight excluding hydrogens is 517 g/mol. The lowest BCUT2D eigenvalue weighted by atomic mass is 10.1. The number of rotatable bonds is 11. The summed E-state index contributed by atoms with van der Waals surface area (Å²) in [4.78, 5) is 38.4. The Labute approximate surface area is 206 Å². The van der Waals surface area contributed by atoms with Gasteiger partial charge in [-0.05, 0) is 30.3 Å². The van der Waals surface area contributed by atoms with E-state index >= 15 is 0 Å². The average molecular weight is 535 g/mol. The van der Waals surface area contributed by atoms with Crippen molar-refractivity contribution in [2.45, 2.75) is 6.18 Å². The van der Waals surface area contributed by atoms with Crippen LogP contribution in [0.15, 0.2) is 42.7 Å². The molecule has 0 heterocycles. The molecule has 0 aliphatic carbocycles. The maximum Gasteiger partial charge on any atom is 0.416 e. The predicted octanol–water partition coefficient (Wildman–Crippen LogP) is 4.24. The number of nitrogens with one attached hydrogen (secondary N) is 1. The third kappa shape index (κ3) is 8.02. The first-order chi connectivity index (χ1) is 17.0. The van der Waals surface area contributed by atoms with E-state index in [1.807, 2.05) is 0 Å². The number of nitrogens with zero attached hydrogens (tertiary/aromatic N) is 1. The third-order valence-corrected chi connectivity index (χ3v) is 4.42. The van der Waals surface area contributed by atoms with Crippen molar-refractivity contribution in [3.8, 4) is 11.5 Å². The van der Waals surface area contributed by atoms with Crippen LogP contribution in [-0.4, -0.2) is 44.3 Å². The number of carbonyl (C=O) groups is 2. The molecule has 0 saturated heterocycles. The molecule has 0 bridgehead atoms. The van der Waals surface area contributed by atoms with Crippen molar-refractivity contribution in [3.05, 3.63) is 68.9 Å². The number of ether oxygens (including phenoxy) is 4. The van der Waals surface area contributed by atoms with E-state index in [1.54, 1.807) is 0 Å². The summed E-state index contributed by atoms with van der Waals surface area (Å²) in [7, 11) is 2.34. The quantitative estimate of drug-likeness (QED) is 0.193. The monoisotopic (exact) mass is 534 g/mol. The van der Waals surface area contributed by atoms with Crippen LogP contribution in [0.25, 0.3) is 5.70 Å². The van der Waals surface area contributed by atoms with Gasteiger partial charge in [-0.25, -0.2) is 9.59 Å². The smallest absolute Gasteiger partial charge is 0.416 e. The Morgan fingerprint density at radius 3 is 2.42 bits per heavy atom. The molecule has 0 spiro atoms. The maximum atomic E-state index is 12.9. The summed E-state index contributed by atoms with van der Waals surface area (Å²) in [6.07, 6.45) is -3.59. The van der Waals surface area contributed by atoms with Crippen molar-refractivity contribution in [2.75, 3.05) is 27.4 Å². The van der Waals surface area contributed by atoms with Gasteiger partial charge in [0.25, 0.3) is 5.69 Å². The van der Waals surface area contributed by atoms with Crippen molar-refractivity contribution in [1.29, 1.82) is 0 Å². The molecule has 1 N–H and O–H groups in total. The first kappa shape index (κ1) is 28.2. The summed E-state index contributed by atoms with van der Waals surface area (Å²) in [6, 6.07) is 5.87. The molecule has 11 nitrogen and oxygen atoms in total. The number of hydrogen-bond donors (Lipinski definition) is 1. The summed E-state index contributed by atoms with van der Waals surface area (Å²) >= 11 is 5.90. The Hall–Kier alpha value is -4.04. The van der Waals surface area contributed by atoms with Crippen LogP contribution in [0, 0.1) is 10.1 Å². The number of nitro benzene ring substituents is 1. The number of halogens is 4. The van der Waals surface area contributed by atoms with Crippen LogP contribution < -0.4 is 10.2 Å². The molecule has 0 unspecified atom stereocenters. The number of hydroxylamine groups is 1. The number of nitro groups is 1. The standard InChI is InChI=1S/C21H18ClF3N2O9/c1-32-9-16(26-35-11-20(29)34-10-19(28)33-2)14-8-13(4-5-17(14)27(30)31)36-18-6-3-12(7-15(18)22)21(23,24)25/h3-9,26H,10-11H2,1-2H3. The Morgan fingerprint density at radius 2 is 1.83 bits per heavy atom. The first-order valence-electron chi connectivity index (χ1n) is 9.62. The fourth-order valence-electron chi connectivity index (χ4n) is 2.51. The van der Waals surface area contributed by atoms with Gasteiger partial charge >= 0.3 is 18.1 Å². The minimum atomic E-state index is -4.61. The van der Waals surface area contributed by atoms with Gasteiger partial charge in [-0.3, -0.25) is 20.4 Å². The second-order valence-electron chi connectivity index (χ2n) is 6.58. The zero-order valence-corrected chi connectivity index (χ0v) is 19.3. The lowest BCUT2D eigenvalue weighted by molar-refractivity contribution is -0.385. The molecule has 36 heavy (non-hydrogen) atoms. The Balaban J connectivity index is 2.24. The van der Waals surface area contributed by atoms with Crippen LogP contribution in [-0.2, 0) is 34.8 Å². The van der Waals surface area contributed by atoms with Gasteiger partial charge in [0.2, 0.25) is 0 Å². The van der Waals surface area contributed by atoms with E-state index in [9.17, 15) is 32.9 Å². The van der Waals surface area contributed by atoms with E-state index < -0.39 is 47.5 Å². The number of alkyl halides is 3. The Morgan fingerprint density at radius 1 is 1.11 bits per heavy atom. The number of benzene rings is 2. The van der Waals surface area contributed by atoms with Crippen LogP contribution in [0.2, 0.25) is 5.02 Å². The highest BCUT2D eigenvalue weighted by Gasteiger charge is 2.31. The number of esters is 2. The normalized spacial score (nSPS) is 11.4. The molecule has 0 amide bonds. The summed E-state index contributed by atoms with van der Waals surface area (Å²) < 4.78 is 57.9. The van der Waals surface area contributed by atoms with Crippen LogP contribution >= 0.6 is 11.6 Å². The van der Waals surface area contributed by atoms with E-state index in [1.165, 1.54) is 19.2 Å². The van der Waals surface area contributed by atoms with E-state index in [0.717, 1.165) is 31.6 Å². The van der Waals surface area contributed by atoms with E-state index in [2.05, 4.69) is 15.0 Å². The van der Waals surface area contributed by atoms with Crippen molar-refractivity contribution in [3.63, 3.8) is 0 Å². The average Bonchev–Trinajstić information content (AvgIpc) is 2.82. The lowest BCUT2D eigenvalue weighted by Crippen LogP contribution is -2.23. The molecule has 0 aliphatic heterocycles. The largest absolute Gasteiger partial charge is 0.502 e. The first-order valence-corrected chi connectivity index (χ1v) is 10.0. The zero-order valence-electron chi connectivity index (χ0n) is 18.6. The van der Waals surface area contributed by atoms with Crippen LogP contribution in [0.4, 0.5) is 18.9 Å². The van der Waals surface area contributed by atoms with Crippen molar-refractivity contribution >= 4 is 34.9 Å². The van der Waals surface area contributed by atoms with E-state index in [4.69, 9.17) is 25.9 Å². The van der Waals surface area contributed by atoms with Gasteiger partial charge in [0, 0.05) is 6.07 Å². The van der Waals surface area contributed by atoms with E-state index in [0.29, 0.717) is 6.07 Å². The second kappa shape index (κ2) is 12.6. The number of hydrogen-bond acceptors (Lipinski definition) is 10. The molecule has 2 aromatic carbocycles. The Bertz CT molecular complexity index is 1160. The minimum Gasteiger partial charge on any atom is -0.502 e. The van der Waals surface area contributed by atoms with Crippen LogP contribution in [0.3, 0.4) is 0 Å². The molecule has 0 radical (unpaired) electrons. The highest BCUT2D eigenvalue weighted by Crippen LogP contribution is 2.37. The predicted molar refractivity (Wildman–Crippen MR) is 117 cm³/mol. The van der Waals surface area contributed by atoms with Crippen molar-refractivity contribution in [1.82, 2.24) is 5.48 Å². The van der Waals surface area contributed by atoms with Gasteiger partial charge in [-0.2, -0.15) is 13.2 Å². The molecule has 2 aromatic rings. The molecule has 15 heteroatoms. The number of methoxy groups -OCH3 is 2. The topological polar surface area (TPSA) is 135 Å². The molecule has 0 fully saturated rings. The van der Waals surface area contributed by atoms with Gasteiger partial charge in [0.15, 0.2) is 13.2 Å². The van der Waals surface area contributed by atoms with Gasteiger partial charge in [0.1, 0.15) is 23.5 Å². The third-order valence-electron chi connectivity index (χ3n) is 4.13. The zero-order chi connectivity index (χ0) is 26.9. The van der Waals surface area contributed by atoms with E-state index in [-0.39, 0.29) is 27.8 Å². The van der Waals surface area contributed by atoms with Crippen LogP contribution in [0.1, 0.15) is 11.1 Å². The molecule has 0 aromatic heterocycles. The fraction of sp³-hybridized carbons (Fsp3) is 0.238. The maximum absolute atomic E-state index is 12.9. The van der Waals surface area contributed by atoms with Gasteiger partial charge < -0.3 is 18.9 Å². The number of carbonyl (C=O) groups excluding carboxylic acids is 2. The lowest BCUT2D eigenvalue weighted by Gasteiger charge is -2.14. The highest BCUT2D eigenvalue weighted by molar-refractivity contribution is 6.32. The SMILES string of the molecule is COC=C(NOCC(=O)OCC(=O)OC)c1cc(Oc2ccc(C(F)(F)F)cc2Cl)ccc1[N+](=O)[O-]. The molecular formula is C21H18ClF3N2O9. The van der Waals surface area contributed by atoms with Gasteiger partial charge in [-0.15, -0.1) is 0 Å². The van der Waals surface area contributed by atoms with Gasteiger partial charge in [-0.1, -0.05) is 11.6 Å². The fourth-order valence-corrected chi connectivity index (χ4v) is 2.73. The van der Waals surface area contributed by atoms with Crippen molar-refractivity contribution in [2.24, 2.45) is 0 Å². The molecule has 194 valence electrons. The highest BCUT2D eigenvalue weighted by atomic mass is 35.5. The Kier molecular flexibility index (Phi) is 9.87. The van der Waals surface area contributed by atoms with Crippen molar-refractivity contribution < 1.29 is 51.5 Å². The molecule has 2 rings (SSSR count). The minimum absolute atomic E-state index is 0.0291. The summed E-state index contributed by atoms with van der Waals surface area (Å²) in [5.41, 5.74) is 0.613. The van der Waals surface area contributed by atoms with Crippen LogP contribution in [0.5, 0.6) is 11.5 Å². The second-order valence-corrected chi connectivity index (χ2v) is 6.98. The molecule has 0 aliphatic rings. The summed E-state index contributed by atoms with van der Waals surface area (Å²) in [6.45, 7) is -1.35. The van der Waals surface area contributed by atoms with Gasteiger partial charge in [0.05, 0.1) is 35.3 Å².